The lowest BCUT2D eigenvalue weighted by molar-refractivity contribution is -0.126. The Morgan fingerprint density at radius 1 is 1.26 bits per heavy atom. The molecule has 0 saturated heterocycles. The minimum absolute atomic E-state index is 0.0374. The van der Waals surface area contributed by atoms with Crippen LogP contribution in [0.25, 0.3) is 11.5 Å². The van der Waals surface area contributed by atoms with E-state index in [4.69, 9.17) is 9.15 Å². The van der Waals surface area contributed by atoms with Crippen molar-refractivity contribution in [1.82, 2.24) is 15.3 Å². The van der Waals surface area contributed by atoms with Crippen molar-refractivity contribution in [2.45, 2.75) is 25.0 Å². The van der Waals surface area contributed by atoms with Crippen LogP contribution in [0.2, 0.25) is 0 Å². The fraction of sp³-hybridized carbons (Fsp3) is 0.250. The number of oxazole rings is 1. The average molecular weight is 383 g/mol. The van der Waals surface area contributed by atoms with E-state index in [2.05, 4.69) is 15.3 Å². The van der Waals surface area contributed by atoms with Crippen molar-refractivity contribution in [3.8, 4) is 11.5 Å². The molecule has 140 valence electrons. The Bertz CT molecular complexity index is 879. The molecule has 0 atom stereocenters. The summed E-state index contributed by atoms with van der Waals surface area (Å²) in [4.78, 5) is 21.6. The highest BCUT2D eigenvalue weighted by Crippen LogP contribution is 2.24. The summed E-state index contributed by atoms with van der Waals surface area (Å²) in [6.07, 6.45) is 5.44. The molecule has 0 aliphatic carbocycles. The molecule has 0 spiro atoms. The number of carbonyl (C=O) groups is 1. The molecule has 1 amide bonds. The van der Waals surface area contributed by atoms with Crippen LogP contribution < -0.4 is 5.32 Å². The molecular weight excluding hydrogens is 362 g/mol. The van der Waals surface area contributed by atoms with E-state index in [-0.39, 0.29) is 19.1 Å². The fourth-order valence-corrected chi connectivity index (χ4v) is 2.82. The Labute approximate surface area is 162 Å². The highest BCUT2D eigenvalue weighted by Gasteiger charge is 2.12. The van der Waals surface area contributed by atoms with Gasteiger partial charge in [0.25, 0.3) is 0 Å². The maximum Gasteiger partial charge on any atom is 0.246 e. The Kier molecular flexibility index (Phi) is 6.62. The molecule has 0 unspecified atom stereocenters. The largest absolute Gasteiger partial charge is 0.441 e. The van der Waals surface area contributed by atoms with Crippen molar-refractivity contribution in [1.29, 1.82) is 0 Å². The van der Waals surface area contributed by atoms with E-state index in [1.165, 1.54) is 4.90 Å². The highest BCUT2D eigenvalue weighted by molar-refractivity contribution is 7.98. The third kappa shape index (κ3) is 5.42. The van der Waals surface area contributed by atoms with Crippen LogP contribution in [0.5, 0.6) is 0 Å². The van der Waals surface area contributed by atoms with Gasteiger partial charge in [-0.25, -0.2) is 4.98 Å². The molecule has 3 rings (SSSR count). The second-order valence-corrected chi connectivity index (χ2v) is 6.76. The van der Waals surface area contributed by atoms with Gasteiger partial charge in [0.05, 0.1) is 6.61 Å². The zero-order valence-corrected chi connectivity index (χ0v) is 16.1. The summed E-state index contributed by atoms with van der Waals surface area (Å²) in [6, 6.07) is 11.8. The summed E-state index contributed by atoms with van der Waals surface area (Å²) in [6.45, 7) is 2.45. The molecule has 27 heavy (non-hydrogen) atoms. The van der Waals surface area contributed by atoms with Crippen LogP contribution in [-0.4, -0.2) is 28.7 Å². The van der Waals surface area contributed by atoms with Gasteiger partial charge >= 0.3 is 0 Å². The van der Waals surface area contributed by atoms with Crippen molar-refractivity contribution in [2.75, 3.05) is 12.9 Å². The molecule has 0 radical (unpaired) electrons. The smallest absolute Gasteiger partial charge is 0.246 e. The standard InChI is InChI=1S/C20H21N3O3S/c1-14-18(23-20(26-14)16-5-7-17(27-2)8-6-16)12-25-13-19(24)22-11-15-4-3-9-21-10-15/h3-10H,11-13H2,1-2H3,(H,22,24). The Morgan fingerprint density at radius 3 is 2.78 bits per heavy atom. The topological polar surface area (TPSA) is 77.2 Å². The van der Waals surface area contributed by atoms with Crippen LogP contribution in [0.1, 0.15) is 17.0 Å². The van der Waals surface area contributed by atoms with E-state index in [9.17, 15) is 4.79 Å². The fourth-order valence-electron chi connectivity index (χ4n) is 2.41. The number of pyridine rings is 1. The van der Waals surface area contributed by atoms with Crippen LogP contribution >= 0.6 is 11.8 Å². The SMILES string of the molecule is CSc1ccc(-c2nc(COCC(=O)NCc3cccnc3)c(C)o2)cc1. The predicted molar refractivity (Wildman–Crippen MR) is 104 cm³/mol. The first-order valence-electron chi connectivity index (χ1n) is 8.50. The molecule has 1 N–H and O–H groups in total. The third-order valence-electron chi connectivity index (χ3n) is 3.91. The van der Waals surface area contributed by atoms with Gasteiger partial charge in [-0.3, -0.25) is 9.78 Å². The lowest BCUT2D eigenvalue weighted by atomic mass is 10.2. The van der Waals surface area contributed by atoms with Crippen LogP contribution in [0, 0.1) is 6.92 Å². The Morgan fingerprint density at radius 2 is 2.07 bits per heavy atom. The van der Waals surface area contributed by atoms with Crippen LogP contribution in [0.4, 0.5) is 0 Å². The van der Waals surface area contributed by atoms with E-state index in [0.29, 0.717) is 23.9 Å². The van der Waals surface area contributed by atoms with Gasteiger partial charge in [-0.2, -0.15) is 0 Å². The van der Waals surface area contributed by atoms with Gasteiger partial charge in [0, 0.05) is 29.4 Å². The lowest BCUT2D eigenvalue weighted by Gasteiger charge is -2.05. The van der Waals surface area contributed by atoms with Gasteiger partial charge in [0.15, 0.2) is 0 Å². The summed E-state index contributed by atoms with van der Waals surface area (Å²) in [5, 5.41) is 2.79. The molecule has 2 heterocycles. The van der Waals surface area contributed by atoms with Gasteiger partial charge in [-0.05, 0) is 49.1 Å². The Hall–Kier alpha value is -2.64. The van der Waals surface area contributed by atoms with E-state index in [1.54, 1.807) is 24.2 Å². The number of aryl methyl sites for hydroxylation is 1. The highest BCUT2D eigenvalue weighted by atomic mass is 32.2. The number of nitrogens with one attached hydrogen (secondary N) is 1. The number of thioether (sulfide) groups is 1. The number of rotatable bonds is 8. The molecule has 0 aliphatic heterocycles. The average Bonchev–Trinajstić information content (AvgIpc) is 3.08. The van der Waals surface area contributed by atoms with E-state index in [1.807, 2.05) is 49.6 Å². The monoisotopic (exact) mass is 383 g/mol. The molecule has 6 nitrogen and oxygen atoms in total. The van der Waals surface area contributed by atoms with Crippen molar-refractivity contribution in [3.05, 3.63) is 65.8 Å². The van der Waals surface area contributed by atoms with Crippen molar-refractivity contribution >= 4 is 17.7 Å². The number of amides is 1. The van der Waals surface area contributed by atoms with Gasteiger partial charge in [-0.1, -0.05) is 6.07 Å². The zero-order chi connectivity index (χ0) is 19.1. The first-order chi connectivity index (χ1) is 13.2. The number of carbonyl (C=O) groups excluding carboxylic acids is 1. The molecule has 1 aromatic carbocycles. The summed E-state index contributed by atoms with van der Waals surface area (Å²) in [5.74, 6) is 1.06. The number of benzene rings is 1. The third-order valence-corrected chi connectivity index (χ3v) is 4.66. The normalized spacial score (nSPS) is 10.7. The molecular formula is C20H21N3O3S. The molecule has 0 fully saturated rings. The molecule has 0 bridgehead atoms. The van der Waals surface area contributed by atoms with Crippen molar-refractivity contribution < 1.29 is 13.9 Å². The maximum absolute atomic E-state index is 11.9. The van der Waals surface area contributed by atoms with Gasteiger partial charge in [0.2, 0.25) is 11.8 Å². The molecule has 0 saturated carbocycles. The van der Waals surface area contributed by atoms with Crippen LogP contribution in [0.3, 0.4) is 0 Å². The first kappa shape index (κ1) is 19.1. The quantitative estimate of drug-likeness (QED) is 0.599. The second kappa shape index (κ2) is 9.34. The van der Waals surface area contributed by atoms with Crippen molar-refractivity contribution in [2.24, 2.45) is 0 Å². The molecule has 3 aromatic rings. The number of aromatic nitrogens is 2. The summed E-state index contributed by atoms with van der Waals surface area (Å²) < 4.78 is 11.2. The predicted octanol–water partition coefficient (Wildman–Crippen LogP) is 3.60. The minimum Gasteiger partial charge on any atom is -0.441 e. The maximum atomic E-state index is 11.9. The zero-order valence-electron chi connectivity index (χ0n) is 15.3. The summed E-state index contributed by atoms with van der Waals surface area (Å²) in [7, 11) is 0. The van der Waals surface area contributed by atoms with Gasteiger partial charge in [-0.15, -0.1) is 11.8 Å². The van der Waals surface area contributed by atoms with Gasteiger partial charge in [0.1, 0.15) is 18.1 Å². The Balaban J connectivity index is 1.49. The van der Waals surface area contributed by atoms with E-state index < -0.39 is 0 Å². The van der Waals surface area contributed by atoms with Gasteiger partial charge < -0.3 is 14.5 Å². The van der Waals surface area contributed by atoms with Crippen molar-refractivity contribution in [3.63, 3.8) is 0 Å². The molecule has 2 aromatic heterocycles. The summed E-state index contributed by atoms with van der Waals surface area (Å²) >= 11 is 1.68. The molecule has 0 aliphatic rings. The second-order valence-electron chi connectivity index (χ2n) is 5.88. The first-order valence-corrected chi connectivity index (χ1v) is 9.72. The number of ether oxygens (including phenoxy) is 1. The lowest BCUT2D eigenvalue weighted by Crippen LogP contribution is -2.27. The minimum atomic E-state index is -0.187. The van der Waals surface area contributed by atoms with Crippen LogP contribution in [0.15, 0.2) is 58.1 Å². The van der Waals surface area contributed by atoms with Crippen LogP contribution in [-0.2, 0) is 22.7 Å². The van der Waals surface area contributed by atoms with E-state index in [0.717, 1.165) is 11.1 Å². The van der Waals surface area contributed by atoms with E-state index >= 15 is 0 Å². The number of hydrogen-bond donors (Lipinski definition) is 1. The summed E-state index contributed by atoms with van der Waals surface area (Å²) in [5.41, 5.74) is 2.55. The molecule has 7 heteroatoms. The number of nitrogens with zero attached hydrogens (tertiary/aromatic N) is 2. The number of hydrogen-bond acceptors (Lipinski definition) is 6.